The molecule has 0 spiro atoms. The highest BCUT2D eigenvalue weighted by atomic mass is 32.2. The summed E-state index contributed by atoms with van der Waals surface area (Å²) in [5.41, 5.74) is -0.560. The molecule has 1 aliphatic heterocycles. The largest absolute Gasteiger partial charge is 0.444 e. The van der Waals surface area contributed by atoms with Crippen molar-refractivity contribution in [2.45, 2.75) is 141 Å². The summed E-state index contributed by atoms with van der Waals surface area (Å²) in [5.74, 6) is 1.48. The zero-order chi connectivity index (χ0) is 24.3. The molecule has 4 unspecified atom stereocenters. The fraction of sp³-hybridized carbons (Fsp3) is 0.962. The Morgan fingerprint density at radius 1 is 1.12 bits per heavy atom. The fourth-order valence-electron chi connectivity index (χ4n) is 4.70. The van der Waals surface area contributed by atoms with Crippen LogP contribution >= 0.6 is 11.8 Å². The lowest BCUT2D eigenvalue weighted by Crippen LogP contribution is -2.50. The van der Waals surface area contributed by atoms with E-state index in [4.69, 9.17) is 14.2 Å². The molecule has 7 heteroatoms. The molecule has 2 fully saturated rings. The number of hydrogen-bond acceptors (Lipinski definition) is 6. The van der Waals surface area contributed by atoms with Crippen molar-refractivity contribution in [3.8, 4) is 0 Å². The van der Waals surface area contributed by atoms with E-state index in [1.54, 1.807) is 0 Å². The molecule has 0 aromatic carbocycles. The summed E-state index contributed by atoms with van der Waals surface area (Å²) >= 11 is 1.86. The van der Waals surface area contributed by atoms with Crippen LogP contribution < -0.4 is 5.32 Å². The van der Waals surface area contributed by atoms with Gasteiger partial charge in [0.1, 0.15) is 5.60 Å². The summed E-state index contributed by atoms with van der Waals surface area (Å²) < 4.78 is 17.9. The van der Waals surface area contributed by atoms with Crippen LogP contribution in [0, 0.1) is 5.92 Å². The van der Waals surface area contributed by atoms with E-state index < -0.39 is 17.8 Å². The number of alkyl carbamates (subject to hydrolysis) is 1. The molecule has 0 aromatic rings. The maximum absolute atomic E-state index is 12.8. The monoisotopic (exact) mass is 487 g/mol. The number of nitrogens with one attached hydrogen (secondary N) is 1. The van der Waals surface area contributed by atoms with Crippen LogP contribution in [-0.2, 0) is 14.2 Å². The number of carbonyl (C=O) groups is 1. The third-order valence-electron chi connectivity index (χ3n) is 6.33. The standard InChI is InChI=1S/C26H49NO5S/c1-19(2)33-16-14-21(28)18-23(31-24-13-9-10-15-30-24)22(17-20-11-7-6-8-12-20)27-25(29)32-26(3,4)5/h19-24,28H,6-18H2,1-5H3,(H,27,29). The molecule has 0 bridgehead atoms. The molecule has 1 saturated heterocycles. The second-order valence-corrected chi connectivity index (χ2v) is 12.7. The maximum atomic E-state index is 12.8. The Labute approximate surface area is 206 Å². The molecule has 0 radical (unpaired) electrons. The maximum Gasteiger partial charge on any atom is 0.407 e. The first-order valence-electron chi connectivity index (χ1n) is 13.2. The lowest BCUT2D eigenvalue weighted by Gasteiger charge is -2.36. The molecule has 1 aliphatic carbocycles. The Balaban J connectivity index is 2.11. The van der Waals surface area contributed by atoms with Gasteiger partial charge in [0.2, 0.25) is 0 Å². The second-order valence-electron chi connectivity index (χ2n) is 11.1. The number of thioether (sulfide) groups is 1. The van der Waals surface area contributed by atoms with E-state index in [0.29, 0.717) is 24.2 Å². The molecule has 4 atom stereocenters. The third kappa shape index (κ3) is 12.7. The lowest BCUT2D eigenvalue weighted by molar-refractivity contribution is -0.199. The van der Waals surface area contributed by atoms with E-state index in [0.717, 1.165) is 37.9 Å². The van der Waals surface area contributed by atoms with Gasteiger partial charge in [-0.1, -0.05) is 46.0 Å². The Morgan fingerprint density at radius 2 is 1.82 bits per heavy atom. The Bertz CT molecular complexity index is 541. The Morgan fingerprint density at radius 3 is 2.42 bits per heavy atom. The van der Waals surface area contributed by atoms with Crippen molar-refractivity contribution in [3.05, 3.63) is 0 Å². The number of carbonyl (C=O) groups excluding carboxylic acids is 1. The quantitative estimate of drug-likeness (QED) is 0.349. The summed E-state index contributed by atoms with van der Waals surface area (Å²) in [4.78, 5) is 12.8. The predicted octanol–water partition coefficient (Wildman–Crippen LogP) is 6.04. The molecule has 194 valence electrons. The van der Waals surface area contributed by atoms with E-state index >= 15 is 0 Å². The van der Waals surface area contributed by atoms with E-state index in [9.17, 15) is 9.90 Å². The first-order chi connectivity index (χ1) is 15.6. The topological polar surface area (TPSA) is 77.0 Å². The molecule has 2 N–H and O–H groups in total. The van der Waals surface area contributed by atoms with Crippen molar-refractivity contribution in [1.82, 2.24) is 5.32 Å². The molecule has 2 aliphatic rings. The number of aliphatic hydroxyl groups excluding tert-OH is 1. The first kappa shape index (κ1) is 28.7. The number of aliphatic hydroxyl groups is 1. The Hall–Kier alpha value is -0.500. The fourth-order valence-corrected chi connectivity index (χ4v) is 5.58. The first-order valence-corrected chi connectivity index (χ1v) is 14.2. The van der Waals surface area contributed by atoms with Gasteiger partial charge in [0.05, 0.1) is 18.2 Å². The Kier molecular flexibility index (Phi) is 12.9. The van der Waals surface area contributed by atoms with Crippen LogP contribution in [0.4, 0.5) is 4.79 Å². The number of hydrogen-bond donors (Lipinski definition) is 2. The van der Waals surface area contributed by atoms with Crippen molar-refractivity contribution in [1.29, 1.82) is 0 Å². The second kappa shape index (κ2) is 14.8. The minimum Gasteiger partial charge on any atom is -0.444 e. The minimum absolute atomic E-state index is 0.208. The number of amides is 1. The van der Waals surface area contributed by atoms with Crippen LogP contribution in [0.5, 0.6) is 0 Å². The van der Waals surface area contributed by atoms with Crippen molar-refractivity contribution in [3.63, 3.8) is 0 Å². The van der Waals surface area contributed by atoms with Gasteiger partial charge in [-0.3, -0.25) is 0 Å². The number of rotatable bonds is 12. The highest BCUT2D eigenvalue weighted by Gasteiger charge is 2.33. The van der Waals surface area contributed by atoms with Crippen molar-refractivity contribution < 1.29 is 24.1 Å². The lowest BCUT2D eigenvalue weighted by atomic mass is 9.83. The van der Waals surface area contributed by atoms with Gasteiger partial charge in [0, 0.05) is 13.0 Å². The molecule has 0 aromatic heterocycles. The van der Waals surface area contributed by atoms with Crippen molar-refractivity contribution >= 4 is 17.9 Å². The van der Waals surface area contributed by atoms with Crippen LogP contribution in [-0.4, -0.2) is 59.0 Å². The molecular weight excluding hydrogens is 438 g/mol. The van der Waals surface area contributed by atoms with Crippen LogP contribution in [0.15, 0.2) is 0 Å². The molecule has 6 nitrogen and oxygen atoms in total. The average molecular weight is 488 g/mol. The molecule has 2 rings (SSSR count). The zero-order valence-corrected chi connectivity index (χ0v) is 22.5. The van der Waals surface area contributed by atoms with E-state index in [2.05, 4.69) is 19.2 Å². The van der Waals surface area contributed by atoms with Crippen molar-refractivity contribution in [2.75, 3.05) is 12.4 Å². The van der Waals surface area contributed by atoms with Gasteiger partial charge in [-0.25, -0.2) is 4.79 Å². The molecule has 1 saturated carbocycles. The summed E-state index contributed by atoms with van der Waals surface area (Å²) in [6.45, 7) is 10.7. The van der Waals surface area contributed by atoms with Gasteiger partial charge in [0.15, 0.2) is 6.29 Å². The van der Waals surface area contributed by atoms with Crippen LogP contribution in [0.25, 0.3) is 0 Å². The van der Waals surface area contributed by atoms with E-state index in [1.165, 1.54) is 32.1 Å². The molecule has 1 amide bonds. The molecule has 33 heavy (non-hydrogen) atoms. The highest BCUT2D eigenvalue weighted by molar-refractivity contribution is 7.99. The van der Waals surface area contributed by atoms with E-state index in [1.807, 2.05) is 32.5 Å². The summed E-state index contributed by atoms with van der Waals surface area (Å²) in [6, 6.07) is -0.208. The molecule has 1 heterocycles. The van der Waals surface area contributed by atoms with Gasteiger partial charge >= 0.3 is 6.09 Å². The van der Waals surface area contributed by atoms with Gasteiger partial charge in [-0.15, -0.1) is 0 Å². The average Bonchev–Trinajstić information content (AvgIpc) is 2.73. The smallest absolute Gasteiger partial charge is 0.407 e. The summed E-state index contributed by atoms with van der Waals surface area (Å²) in [7, 11) is 0. The third-order valence-corrected chi connectivity index (χ3v) is 7.47. The summed E-state index contributed by atoms with van der Waals surface area (Å²) in [5, 5.41) is 14.5. The van der Waals surface area contributed by atoms with Gasteiger partial charge in [-0.2, -0.15) is 11.8 Å². The van der Waals surface area contributed by atoms with Crippen molar-refractivity contribution in [2.24, 2.45) is 5.92 Å². The van der Waals surface area contributed by atoms with Crippen LogP contribution in [0.1, 0.15) is 105 Å². The van der Waals surface area contributed by atoms with E-state index in [-0.39, 0.29) is 18.4 Å². The van der Waals surface area contributed by atoms with Crippen LogP contribution in [0.3, 0.4) is 0 Å². The number of ether oxygens (including phenoxy) is 3. The van der Waals surface area contributed by atoms with Gasteiger partial charge < -0.3 is 24.6 Å². The normalized spacial score (nSPS) is 23.2. The highest BCUT2D eigenvalue weighted by Crippen LogP contribution is 2.30. The zero-order valence-electron chi connectivity index (χ0n) is 21.6. The predicted molar refractivity (Wildman–Crippen MR) is 136 cm³/mol. The summed E-state index contributed by atoms with van der Waals surface area (Å²) in [6.07, 6.45) is 9.76. The SMILES string of the molecule is CC(C)SCCC(O)CC(OC1CCCCO1)C(CC1CCCCC1)NC(=O)OC(C)(C)C. The van der Waals surface area contributed by atoms with Gasteiger partial charge in [0.25, 0.3) is 0 Å². The molecular formula is C26H49NO5S. The van der Waals surface area contributed by atoms with Gasteiger partial charge in [-0.05, 0) is 69.8 Å². The van der Waals surface area contributed by atoms with Crippen LogP contribution in [0.2, 0.25) is 0 Å². The minimum atomic E-state index is -0.560.